The topological polar surface area (TPSA) is 137 Å². The van der Waals surface area contributed by atoms with Gasteiger partial charge in [0.1, 0.15) is 12.7 Å². The third kappa shape index (κ3) is 6.28. The van der Waals surface area contributed by atoms with Gasteiger partial charge in [-0.25, -0.2) is 4.79 Å². The molecule has 2 rings (SSSR count). The Morgan fingerprint density at radius 2 is 1.78 bits per heavy atom. The first-order valence-electron chi connectivity index (χ1n) is 8.40. The average molecular weight is 373 g/mol. The molecule has 0 saturated carbocycles. The number of aliphatic hydroxyl groups excluding tert-OH is 2. The molecule has 6 N–H and O–H groups in total. The number of oxime groups is 1. The Morgan fingerprint density at radius 1 is 1.11 bits per heavy atom. The molecule has 0 fully saturated rings. The van der Waals surface area contributed by atoms with E-state index in [0.717, 1.165) is 5.56 Å². The summed E-state index contributed by atoms with van der Waals surface area (Å²) in [5.74, 6) is -0.0465. The summed E-state index contributed by atoms with van der Waals surface area (Å²) in [5.41, 5.74) is 7.31. The minimum absolute atomic E-state index is 0.0465. The van der Waals surface area contributed by atoms with Crippen molar-refractivity contribution < 1.29 is 25.0 Å². The van der Waals surface area contributed by atoms with E-state index in [1.165, 1.54) is 0 Å². The van der Waals surface area contributed by atoms with E-state index in [0.29, 0.717) is 11.1 Å². The molecule has 0 spiro atoms. The number of alkyl carbamates (subject to hydrolysis) is 1. The number of benzene rings is 2. The second-order valence-corrected chi connectivity index (χ2v) is 5.90. The summed E-state index contributed by atoms with van der Waals surface area (Å²) < 4.78 is 5.06. The Kier molecular flexibility index (Phi) is 7.60. The van der Waals surface area contributed by atoms with Gasteiger partial charge in [-0.2, -0.15) is 0 Å². The third-order valence-electron chi connectivity index (χ3n) is 3.94. The monoisotopic (exact) mass is 373 g/mol. The lowest BCUT2D eigenvalue weighted by molar-refractivity contribution is 0.0136. The molecule has 0 radical (unpaired) electrons. The number of amidine groups is 1. The highest BCUT2D eigenvalue weighted by molar-refractivity contribution is 5.96. The summed E-state index contributed by atoms with van der Waals surface area (Å²) in [6.45, 7) is 0.304. The van der Waals surface area contributed by atoms with Crippen molar-refractivity contribution in [3.8, 4) is 0 Å². The van der Waals surface area contributed by atoms with Gasteiger partial charge in [-0.1, -0.05) is 59.8 Å². The van der Waals surface area contributed by atoms with Crippen molar-refractivity contribution in [1.82, 2.24) is 5.32 Å². The number of nitrogens with two attached hydrogens (primary N) is 1. The molecule has 2 unspecified atom stereocenters. The van der Waals surface area contributed by atoms with Crippen LogP contribution < -0.4 is 11.1 Å². The SMILES string of the molecule is NC(=NO)c1ccc(C(O)C(O)CCNC(=O)OCc2ccccc2)cc1. The standard InChI is InChI=1S/C19H23N3O5/c20-18(22-26)15-8-6-14(7-9-15)17(24)16(23)10-11-21-19(25)27-12-13-4-2-1-3-5-13/h1-9,16-17,23-24,26H,10-12H2,(H2,20,22)(H,21,25). The molecule has 2 aromatic rings. The molecule has 8 heteroatoms. The fraction of sp³-hybridized carbons (Fsp3) is 0.263. The molecular formula is C19H23N3O5. The first kappa shape index (κ1) is 20.2. The van der Waals surface area contributed by atoms with Gasteiger partial charge in [-0.3, -0.25) is 0 Å². The van der Waals surface area contributed by atoms with Crippen molar-refractivity contribution in [2.24, 2.45) is 10.9 Å². The maximum absolute atomic E-state index is 11.6. The van der Waals surface area contributed by atoms with E-state index >= 15 is 0 Å². The molecule has 27 heavy (non-hydrogen) atoms. The van der Waals surface area contributed by atoms with Gasteiger partial charge in [-0.05, 0) is 17.5 Å². The maximum Gasteiger partial charge on any atom is 0.407 e. The predicted molar refractivity (Wildman–Crippen MR) is 99.2 cm³/mol. The van der Waals surface area contributed by atoms with Crippen LogP contribution in [0.1, 0.15) is 29.2 Å². The molecule has 8 nitrogen and oxygen atoms in total. The largest absolute Gasteiger partial charge is 0.445 e. The zero-order valence-corrected chi connectivity index (χ0v) is 14.7. The van der Waals surface area contributed by atoms with E-state index in [-0.39, 0.29) is 25.4 Å². The average Bonchev–Trinajstić information content (AvgIpc) is 2.72. The summed E-state index contributed by atoms with van der Waals surface area (Å²) in [5, 5.41) is 34.3. The number of ether oxygens (including phenoxy) is 1. The molecule has 0 bridgehead atoms. The number of nitrogens with zero attached hydrogens (tertiary/aromatic N) is 1. The number of carbonyl (C=O) groups is 1. The lowest BCUT2D eigenvalue weighted by Crippen LogP contribution is -2.29. The zero-order chi connectivity index (χ0) is 19.6. The number of rotatable bonds is 8. The molecule has 0 aliphatic carbocycles. The van der Waals surface area contributed by atoms with Crippen LogP contribution in [0.25, 0.3) is 0 Å². The minimum Gasteiger partial charge on any atom is -0.445 e. The summed E-state index contributed by atoms with van der Waals surface area (Å²) in [4.78, 5) is 11.6. The molecule has 0 heterocycles. The van der Waals surface area contributed by atoms with Gasteiger partial charge in [0, 0.05) is 12.1 Å². The molecule has 1 amide bonds. The lowest BCUT2D eigenvalue weighted by Gasteiger charge is -2.18. The fourth-order valence-corrected chi connectivity index (χ4v) is 2.39. The van der Waals surface area contributed by atoms with E-state index in [1.54, 1.807) is 24.3 Å². The highest BCUT2D eigenvalue weighted by Gasteiger charge is 2.18. The van der Waals surface area contributed by atoms with Gasteiger partial charge in [0.25, 0.3) is 0 Å². The first-order chi connectivity index (χ1) is 13.0. The number of aliphatic hydroxyl groups is 2. The third-order valence-corrected chi connectivity index (χ3v) is 3.94. The highest BCUT2D eigenvalue weighted by Crippen LogP contribution is 2.19. The van der Waals surface area contributed by atoms with Crippen molar-refractivity contribution in [2.45, 2.75) is 25.2 Å². The van der Waals surface area contributed by atoms with Crippen molar-refractivity contribution in [3.63, 3.8) is 0 Å². The van der Waals surface area contributed by atoms with E-state index in [2.05, 4.69) is 10.5 Å². The number of hydrogen-bond acceptors (Lipinski definition) is 6. The Bertz CT molecular complexity index is 750. The van der Waals surface area contributed by atoms with Crippen LogP contribution in [-0.4, -0.2) is 40.0 Å². The maximum atomic E-state index is 11.6. The first-order valence-corrected chi connectivity index (χ1v) is 8.40. The summed E-state index contributed by atoms with van der Waals surface area (Å²) in [6.07, 6.45) is -2.66. The normalized spacial score (nSPS) is 13.6. The number of nitrogens with one attached hydrogen (secondary N) is 1. The predicted octanol–water partition coefficient (Wildman–Crippen LogP) is 1.49. The van der Waals surface area contributed by atoms with Crippen LogP contribution in [0.2, 0.25) is 0 Å². The van der Waals surface area contributed by atoms with Crippen LogP contribution in [0, 0.1) is 0 Å². The highest BCUT2D eigenvalue weighted by atomic mass is 16.5. The quantitative estimate of drug-likeness (QED) is 0.206. The summed E-state index contributed by atoms with van der Waals surface area (Å²) in [6, 6.07) is 15.6. The van der Waals surface area contributed by atoms with E-state index in [1.807, 2.05) is 30.3 Å². The van der Waals surface area contributed by atoms with E-state index in [9.17, 15) is 15.0 Å². The van der Waals surface area contributed by atoms with Gasteiger partial charge in [0.15, 0.2) is 5.84 Å². The Hall–Kier alpha value is -3.10. The van der Waals surface area contributed by atoms with Crippen LogP contribution in [-0.2, 0) is 11.3 Å². The Balaban J connectivity index is 1.74. The smallest absolute Gasteiger partial charge is 0.407 e. The van der Waals surface area contributed by atoms with Crippen molar-refractivity contribution in [1.29, 1.82) is 0 Å². The van der Waals surface area contributed by atoms with Gasteiger partial charge >= 0.3 is 6.09 Å². The molecular weight excluding hydrogens is 350 g/mol. The van der Waals surface area contributed by atoms with E-state index < -0.39 is 18.3 Å². The van der Waals surface area contributed by atoms with Crippen LogP contribution in [0.15, 0.2) is 59.8 Å². The second kappa shape index (κ2) is 10.1. The van der Waals surface area contributed by atoms with Gasteiger partial charge in [0.2, 0.25) is 0 Å². The summed E-state index contributed by atoms with van der Waals surface area (Å²) >= 11 is 0. The van der Waals surface area contributed by atoms with Gasteiger partial charge in [0.05, 0.1) is 6.10 Å². The van der Waals surface area contributed by atoms with Gasteiger partial charge < -0.3 is 31.2 Å². The van der Waals surface area contributed by atoms with Crippen molar-refractivity contribution in [3.05, 3.63) is 71.3 Å². The summed E-state index contributed by atoms with van der Waals surface area (Å²) in [7, 11) is 0. The molecule has 0 aromatic heterocycles. The lowest BCUT2D eigenvalue weighted by atomic mass is 10.0. The van der Waals surface area contributed by atoms with Gasteiger partial charge in [-0.15, -0.1) is 0 Å². The molecule has 2 atom stereocenters. The fourth-order valence-electron chi connectivity index (χ4n) is 2.39. The van der Waals surface area contributed by atoms with Crippen molar-refractivity contribution >= 4 is 11.9 Å². The van der Waals surface area contributed by atoms with Crippen LogP contribution in [0.4, 0.5) is 4.79 Å². The van der Waals surface area contributed by atoms with Crippen LogP contribution in [0.5, 0.6) is 0 Å². The molecule has 0 aliphatic rings. The molecule has 2 aromatic carbocycles. The second-order valence-electron chi connectivity index (χ2n) is 5.90. The number of hydrogen-bond donors (Lipinski definition) is 5. The number of carbonyl (C=O) groups excluding carboxylic acids is 1. The Labute approximate surface area is 156 Å². The van der Waals surface area contributed by atoms with Crippen LogP contribution >= 0.6 is 0 Å². The van der Waals surface area contributed by atoms with Crippen LogP contribution in [0.3, 0.4) is 0 Å². The zero-order valence-electron chi connectivity index (χ0n) is 14.7. The van der Waals surface area contributed by atoms with E-state index in [4.69, 9.17) is 15.7 Å². The minimum atomic E-state index is -1.13. The molecule has 0 saturated heterocycles. The molecule has 0 aliphatic heterocycles. The van der Waals surface area contributed by atoms with Crippen molar-refractivity contribution in [2.75, 3.05) is 6.54 Å². The number of amides is 1. The molecule has 144 valence electrons. The Morgan fingerprint density at radius 3 is 2.41 bits per heavy atom.